The van der Waals surface area contributed by atoms with Gasteiger partial charge < -0.3 is 20.3 Å². The maximum Gasteiger partial charge on any atom is 0.407 e. The van der Waals surface area contributed by atoms with E-state index in [0.29, 0.717) is 6.42 Å². The van der Waals surface area contributed by atoms with Crippen molar-refractivity contribution in [3.63, 3.8) is 0 Å². The number of aliphatic hydroxyl groups excluding tert-OH is 2. The molecule has 1 amide bonds. The molecule has 0 radical (unpaired) electrons. The van der Waals surface area contributed by atoms with Crippen LogP contribution in [0, 0.1) is 11.8 Å². The summed E-state index contributed by atoms with van der Waals surface area (Å²) in [6.07, 6.45) is 0.980. The Kier molecular flexibility index (Phi) is 4.77. The van der Waals surface area contributed by atoms with Gasteiger partial charge in [-0.2, -0.15) is 0 Å². The van der Waals surface area contributed by atoms with E-state index in [2.05, 4.69) is 5.32 Å². The minimum absolute atomic E-state index is 0.0136. The van der Waals surface area contributed by atoms with Crippen molar-refractivity contribution in [2.45, 2.75) is 45.3 Å². The zero-order valence-corrected chi connectivity index (χ0v) is 10.8. The molecule has 0 aromatic carbocycles. The summed E-state index contributed by atoms with van der Waals surface area (Å²) in [4.78, 5) is 11.6. The number of rotatable bonds is 3. The normalized spacial score (nSPS) is 29.1. The number of nitrogens with one attached hydrogen (secondary N) is 1. The molecule has 3 unspecified atom stereocenters. The van der Waals surface area contributed by atoms with Crippen LogP contribution in [0.2, 0.25) is 0 Å². The second-order valence-electron chi connectivity index (χ2n) is 5.72. The molecule has 100 valence electrons. The standard InChI is InChI=1S/C12H23NO4/c1-12(2,3)17-11(16)13-10-5-8(6-14)4-9(10)7-15/h8-10,14-15H,4-7H2,1-3H3,(H,13,16). The number of hydrogen-bond donors (Lipinski definition) is 3. The first kappa shape index (κ1) is 14.3. The largest absolute Gasteiger partial charge is 0.444 e. The molecular weight excluding hydrogens is 222 g/mol. The molecule has 3 atom stereocenters. The number of aliphatic hydroxyl groups is 2. The van der Waals surface area contributed by atoms with Crippen molar-refractivity contribution in [1.82, 2.24) is 5.32 Å². The maximum atomic E-state index is 11.6. The highest BCUT2D eigenvalue weighted by atomic mass is 16.6. The summed E-state index contributed by atoms with van der Waals surface area (Å²) >= 11 is 0. The van der Waals surface area contributed by atoms with Crippen LogP contribution < -0.4 is 5.32 Å². The highest BCUT2D eigenvalue weighted by molar-refractivity contribution is 5.68. The van der Waals surface area contributed by atoms with Crippen molar-refractivity contribution in [1.29, 1.82) is 0 Å². The van der Waals surface area contributed by atoms with Crippen molar-refractivity contribution in [3.05, 3.63) is 0 Å². The molecule has 1 aliphatic rings. The van der Waals surface area contributed by atoms with Crippen LogP contribution in [0.4, 0.5) is 4.79 Å². The smallest absolute Gasteiger partial charge is 0.407 e. The van der Waals surface area contributed by atoms with Crippen molar-refractivity contribution in [2.75, 3.05) is 13.2 Å². The molecule has 1 saturated carbocycles. The van der Waals surface area contributed by atoms with Crippen LogP contribution in [0.3, 0.4) is 0 Å². The molecule has 1 aliphatic carbocycles. The summed E-state index contributed by atoms with van der Waals surface area (Å²) in [5.74, 6) is 0.173. The van der Waals surface area contributed by atoms with Crippen LogP contribution in [0.5, 0.6) is 0 Å². The van der Waals surface area contributed by atoms with E-state index in [1.807, 2.05) is 0 Å². The van der Waals surface area contributed by atoms with Crippen molar-refractivity contribution in [3.8, 4) is 0 Å². The van der Waals surface area contributed by atoms with Gasteiger partial charge in [0.1, 0.15) is 5.60 Å². The number of amides is 1. The zero-order valence-electron chi connectivity index (χ0n) is 10.8. The van der Waals surface area contributed by atoms with E-state index in [1.54, 1.807) is 20.8 Å². The molecule has 1 rings (SSSR count). The Morgan fingerprint density at radius 2 is 1.94 bits per heavy atom. The van der Waals surface area contributed by atoms with E-state index in [-0.39, 0.29) is 31.1 Å². The van der Waals surface area contributed by atoms with E-state index in [4.69, 9.17) is 9.84 Å². The van der Waals surface area contributed by atoms with Crippen molar-refractivity contribution in [2.24, 2.45) is 11.8 Å². The third kappa shape index (κ3) is 4.52. The van der Waals surface area contributed by atoms with Crippen LogP contribution >= 0.6 is 0 Å². The Labute approximate surface area is 102 Å². The van der Waals surface area contributed by atoms with Crippen molar-refractivity contribution >= 4 is 6.09 Å². The summed E-state index contributed by atoms with van der Waals surface area (Å²) < 4.78 is 5.17. The van der Waals surface area contributed by atoms with Gasteiger partial charge in [0.2, 0.25) is 0 Å². The number of carbonyl (C=O) groups excluding carboxylic acids is 1. The minimum Gasteiger partial charge on any atom is -0.444 e. The number of alkyl carbamates (subject to hydrolysis) is 1. The number of ether oxygens (including phenoxy) is 1. The Morgan fingerprint density at radius 1 is 1.29 bits per heavy atom. The summed E-state index contributed by atoms with van der Waals surface area (Å²) in [6.45, 7) is 5.55. The predicted molar refractivity (Wildman–Crippen MR) is 63.5 cm³/mol. The summed E-state index contributed by atoms with van der Waals surface area (Å²) in [7, 11) is 0. The fourth-order valence-electron chi connectivity index (χ4n) is 2.23. The summed E-state index contributed by atoms with van der Waals surface area (Å²) in [5, 5.41) is 21.1. The Morgan fingerprint density at radius 3 is 2.41 bits per heavy atom. The molecule has 0 spiro atoms. The van der Waals surface area contributed by atoms with E-state index in [9.17, 15) is 9.90 Å². The van der Waals surface area contributed by atoms with E-state index < -0.39 is 11.7 Å². The minimum atomic E-state index is -0.520. The van der Waals surface area contributed by atoms with Gasteiger partial charge in [-0.15, -0.1) is 0 Å². The fraction of sp³-hybridized carbons (Fsp3) is 0.917. The highest BCUT2D eigenvalue weighted by Crippen LogP contribution is 2.30. The van der Waals surface area contributed by atoms with E-state index in [1.165, 1.54) is 0 Å². The molecule has 0 aromatic rings. The zero-order chi connectivity index (χ0) is 13.1. The van der Waals surface area contributed by atoms with Gasteiger partial charge >= 0.3 is 6.09 Å². The first-order chi connectivity index (χ1) is 7.85. The van der Waals surface area contributed by atoms with Gasteiger partial charge in [-0.3, -0.25) is 0 Å². The lowest BCUT2D eigenvalue weighted by atomic mass is 10.0. The van der Waals surface area contributed by atoms with Crippen LogP contribution in [0.25, 0.3) is 0 Å². The summed E-state index contributed by atoms with van der Waals surface area (Å²) in [5.41, 5.74) is -0.520. The average Bonchev–Trinajstić information content (AvgIpc) is 2.57. The van der Waals surface area contributed by atoms with Gasteiger partial charge in [0.15, 0.2) is 0 Å². The predicted octanol–water partition coefficient (Wildman–Crippen LogP) is 0.890. The average molecular weight is 245 g/mol. The quantitative estimate of drug-likeness (QED) is 0.690. The highest BCUT2D eigenvalue weighted by Gasteiger charge is 2.35. The second-order valence-corrected chi connectivity index (χ2v) is 5.72. The molecular formula is C12H23NO4. The number of carbonyl (C=O) groups is 1. The lowest BCUT2D eigenvalue weighted by Crippen LogP contribution is -2.41. The van der Waals surface area contributed by atoms with Gasteiger partial charge in [0.25, 0.3) is 0 Å². The maximum absolute atomic E-state index is 11.6. The lowest BCUT2D eigenvalue weighted by Gasteiger charge is -2.23. The monoisotopic (exact) mass is 245 g/mol. The van der Waals surface area contributed by atoms with E-state index in [0.717, 1.165) is 6.42 Å². The summed E-state index contributed by atoms with van der Waals surface area (Å²) in [6, 6.07) is -0.105. The second kappa shape index (κ2) is 5.69. The topological polar surface area (TPSA) is 78.8 Å². The first-order valence-corrected chi connectivity index (χ1v) is 6.07. The molecule has 1 fully saturated rings. The van der Waals surface area contributed by atoms with Crippen LogP contribution in [0.1, 0.15) is 33.6 Å². The van der Waals surface area contributed by atoms with Gasteiger partial charge in [-0.1, -0.05) is 0 Å². The Bertz CT molecular complexity index is 262. The molecule has 17 heavy (non-hydrogen) atoms. The third-order valence-electron chi connectivity index (χ3n) is 2.99. The first-order valence-electron chi connectivity index (χ1n) is 6.07. The molecule has 0 saturated heterocycles. The molecule has 5 heteroatoms. The molecule has 3 N–H and O–H groups in total. The van der Waals surface area contributed by atoms with Gasteiger partial charge in [-0.05, 0) is 39.5 Å². The van der Waals surface area contributed by atoms with Crippen LogP contribution in [-0.2, 0) is 4.74 Å². The van der Waals surface area contributed by atoms with Crippen LogP contribution in [-0.4, -0.2) is 41.2 Å². The molecule has 0 aromatic heterocycles. The Hall–Kier alpha value is -0.810. The molecule has 0 bridgehead atoms. The van der Waals surface area contributed by atoms with Gasteiger partial charge in [-0.25, -0.2) is 4.79 Å². The van der Waals surface area contributed by atoms with Gasteiger partial charge in [0, 0.05) is 25.2 Å². The Balaban J connectivity index is 2.47. The number of hydrogen-bond acceptors (Lipinski definition) is 4. The van der Waals surface area contributed by atoms with Crippen molar-refractivity contribution < 1.29 is 19.7 Å². The SMILES string of the molecule is CC(C)(C)OC(=O)NC1CC(CO)CC1CO. The third-order valence-corrected chi connectivity index (χ3v) is 2.99. The lowest BCUT2D eigenvalue weighted by molar-refractivity contribution is 0.0482. The van der Waals surface area contributed by atoms with Gasteiger partial charge in [0.05, 0.1) is 0 Å². The molecule has 0 heterocycles. The molecule has 0 aliphatic heterocycles. The van der Waals surface area contributed by atoms with Crippen LogP contribution in [0.15, 0.2) is 0 Å². The van der Waals surface area contributed by atoms with E-state index >= 15 is 0 Å². The molecule has 5 nitrogen and oxygen atoms in total. The fourth-order valence-corrected chi connectivity index (χ4v) is 2.23.